The Morgan fingerprint density at radius 1 is 0.882 bits per heavy atom. The number of aromatic nitrogens is 3. The molecule has 2 aromatic heterocycles. The zero-order valence-electron chi connectivity index (χ0n) is 18.5. The van der Waals surface area contributed by atoms with E-state index in [-0.39, 0.29) is 12.5 Å². The molecule has 0 spiro atoms. The molecule has 0 fully saturated rings. The number of aryl methyl sites for hydroxylation is 1. The third-order valence-electron chi connectivity index (χ3n) is 6.45. The van der Waals surface area contributed by atoms with E-state index in [1.54, 1.807) is 29.2 Å². The summed E-state index contributed by atoms with van der Waals surface area (Å²) < 4.78 is 3.92. The van der Waals surface area contributed by atoms with Gasteiger partial charge in [0.15, 0.2) is 0 Å². The fourth-order valence-corrected chi connectivity index (χ4v) is 4.71. The molecule has 0 radical (unpaired) electrons. The first-order valence-electron chi connectivity index (χ1n) is 11.1. The molecule has 0 saturated carbocycles. The fraction of sp³-hybridized carbons (Fsp3) is 0.154. The highest BCUT2D eigenvalue weighted by Crippen LogP contribution is 2.32. The highest BCUT2D eigenvalue weighted by Gasteiger charge is 2.39. The lowest BCUT2D eigenvalue weighted by Gasteiger charge is -2.21. The van der Waals surface area contributed by atoms with E-state index in [0.717, 1.165) is 33.2 Å². The third kappa shape index (κ3) is 2.99. The Labute approximate surface area is 195 Å². The molecule has 6 rings (SSSR count). The van der Waals surface area contributed by atoms with Crippen molar-refractivity contribution in [1.82, 2.24) is 24.1 Å². The summed E-state index contributed by atoms with van der Waals surface area (Å²) in [5, 5.41) is 4.86. The minimum absolute atomic E-state index is 0.284. The maximum Gasteiger partial charge on any atom is 0.262 e. The molecular weight excluding hydrogens is 430 g/mol. The zero-order chi connectivity index (χ0) is 23.4. The predicted octanol–water partition coefficient (Wildman–Crippen LogP) is 3.11. The van der Waals surface area contributed by atoms with Crippen LogP contribution in [0.5, 0.6) is 0 Å². The van der Waals surface area contributed by atoms with E-state index in [1.165, 1.54) is 0 Å². The highest BCUT2D eigenvalue weighted by atomic mass is 16.2. The molecule has 3 amide bonds. The summed E-state index contributed by atoms with van der Waals surface area (Å²) in [6.45, 7) is 2.44. The number of hydrogen-bond donors (Lipinski definition) is 0. The zero-order valence-corrected chi connectivity index (χ0v) is 18.5. The van der Waals surface area contributed by atoms with Crippen molar-refractivity contribution in [1.29, 1.82) is 0 Å². The summed E-state index contributed by atoms with van der Waals surface area (Å²) in [5.74, 6) is -0.258. The van der Waals surface area contributed by atoms with Gasteiger partial charge in [-0.2, -0.15) is 5.10 Å². The molecule has 0 bridgehead atoms. The first-order chi connectivity index (χ1) is 16.5. The number of carbonyl (C=O) groups excluding carboxylic acids is 3. The van der Waals surface area contributed by atoms with Crippen LogP contribution in [0.25, 0.3) is 11.5 Å². The SMILES string of the molecule is Cc1ccccc1-n1nc2c(c1-n1cccc1)CN(C(=O)CN1C(=O)c3ccccc3C1=O)C2. The Hall–Kier alpha value is -4.46. The summed E-state index contributed by atoms with van der Waals surface area (Å²) in [7, 11) is 0. The number of rotatable bonds is 4. The molecule has 2 aliphatic rings. The molecule has 0 atom stereocenters. The lowest BCUT2D eigenvalue weighted by Crippen LogP contribution is -2.41. The number of nitrogens with zero attached hydrogens (tertiary/aromatic N) is 5. The van der Waals surface area contributed by atoms with E-state index < -0.39 is 11.8 Å². The van der Waals surface area contributed by atoms with Crippen molar-refractivity contribution in [2.75, 3.05) is 6.54 Å². The minimum atomic E-state index is -0.427. The van der Waals surface area contributed by atoms with Crippen LogP contribution in [0.4, 0.5) is 0 Å². The Morgan fingerprint density at radius 3 is 2.21 bits per heavy atom. The first kappa shape index (κ1) is 20.2. The van der Waals surface area contributed by atoms with Gasteiger partial charge >= 0.3 is 0 Å². The summed E-state index contributed by atoms with van der Waals surface area (Å²) in [5.41, 5.74) is 4.52. The van der Waals surface area contributed by atoms with Crippen molar-refractivity contribution in [3.63, 3.8) is 0 Å². The van der Waals surface area contributed by atoms with Gasteiger partial charge in [0.1, 0.15) is 12.4 Å². The van der Waals surface area contributed by atoms with Crippen LogP contribution in [-0.2, 0) is 17.9 Å². The normalized spacial score (nSPS) is 14.6. The van der Waals surface area contributed by atoms with Crippen LogP contribution in [-0.4, -0.2) is 48.4 Å². The Kier molecular flexibility index (Phi) is 4.48. The van der Waals surface area contributed by atoms with Crippen LogP contribution in [0.2, 0.25) is 0 Å². The van der Waals surface area contributed by atoms with E-state index in [4.69, 9.17) is 5.10 Å². The van der Waals surface area contributed by atoms with E-state index in [1.807, 2.05) is 65.0 Å². The van der Waals surface area contributed by atoms with E-state index in [9.17, 15) is 14.4 Å². The second-order valence-corrected chi connectivity index (χ2v) is 8.53. The second-order valence-electron chi connectivity index (χ2n) is 8.53. The molecule has 0 aliphatic carbocycles. The van der Waals surface area contributed by atoms with Gasteiger partial charge in [0, 0.05) is 18.0 Å². The number of hydrogen-bond acceptors (Lipinski definition) is 4. The monoisotopic (exact) mass is 451 g/mol. The maximum absolute atomic E-state index is 13.2. The van der Waals surface area contributed by atoms with Crippen LogP contribution in [0.1, 0.15) is 37.5 Å². The molecule has 168 valence electrons. The number of amides is 3. The van der Waals surface area contributed by atoms with Crippen molar-refractivity contribution in [3.05, 3.63) is 101 Å². The second kappa shape index (κ2) is 7.55. The van der Waals surface area contributed by atoms with Gasteiger partial charge < -0.3 is 9.47 Å². The lowest BCUT2D eigenvalue weighted by atomic mass is 10.1. The third-order valence-corrected chi connectivity index (χ3v) is 6.45. The highest BCUT2D eigenvalue weighted by molar-refractivity contribution is 6.22. The fourth-order valence-electron chi connectivity index (χ4n) is 4.71. The molecule has 2 aliphatic heterocycles. The molecular formula is C26H21N5O3. The molecule has 34 heavy (non-hydrogen) atoms. The van der Waals surface area contributed by atoms with Crippen LogP contribution < -0.4 is 0 Å². The molecule has 0 N–H and O–H groups in total. The van der Waals surface area contributed by atoms with E-state index in [2.05, 4.69) is 0 Å². The number of imide groups is 1. The smallest absolute Gasteiger partial charge is 0.262 e. The summed E-state index contributed by atoms with van der Waals surface area (Å²) in [6.07, 6.45) is 3.91. The van der Waals surface area contributed by atoms with Gasteiger partial charge in [-0.25, -0.2) is 4.68 Å². The molecule has 8 nitrogen and oxygen atoms in total. The lowest BCUT2D eigenvalue weighted by molar-refractivity contribution is -0.132. The average Bonchev–Trinajstić information content (AvgIpc) is 3.61. The molecule has 0 saturated heterocycles. The Morgan fingerprint density at radius 2 is 1.53 bits per heavy atom. The van der Waals surface area contributed by atoms with Gasteiger partial charge in [-0.15, -0.1) is 0 Å². The quantitative estimate of drug-likeness (QED) is 0.447. The largest absolute Gasteiger partial charge is 0.331 e. The number of para-hydroxylation sites is 1. The molecule has 4 aromatic rings. The number of fused-ring (bicyclic) bond motifs is 2. The predicted molar refractivity (Wildman–Crippen MR) is 124 cm³/mol. The van der Waals surface area contributed by atoms with Gasteiger partial charge in [0.05, 0.1) is 35.6 Å². The van der Waals surface area contributed by atoms with E-state index in [0.29, 0.717) is 24.2 Å². The first-order valence-corrected chi connectivity index (χ1v) is 11.1. The van der Waals surface area contributed by atoms with Gasteiger partial charge in [-0.3, -0.25) is 19.3 Å². The molecule has 0 unspecified atom stereocenters. The summed E-state index contributed by atoms with van der Waals surface area (Å²) in [4.78, 5) is 41.2. The topological polar surface area (TPSA) is 80.4 Å². The van der Waals surface area contributed by atoms with Crippen LogP contribution >= 0.6 is 0 Å². The van der Waals surface area contributed by atoms with Crippen molar-refractivity contribution in [2.24, 2.45) is 0 Å². The van der Waals surface area contributed by atoms with Crippen molar-refractivity contribution in [2.45, 2.75) is 20.0 Å². The van der Waals surface area contributed by atoms with Crippen molar-refractivity contribution >= 4 is 17.7 Å². The van der Waals surface area contributed by atoms with E-state index >= 15 is 0 Å². The van der Waals surface area contributed by atoms with Crippen LogP contribution in [0, 0.1) is 6.92 Å². The average molecular weight is 451 g/mol. The molecule has 4 heterocycles. The Balaban J connectivity index is 1.29. The Bertz CT molecular complexity index is 1430. The molecule has 2 aromatic carbocycles. The minimum Gasteiger partial charge on any atom is -0.331 e. The maximum atomic E-state index is 13.2. The van der Waals surface area contributed by atoms with Crippen molar-refractivity contribution in [3.8, 4) is 11.5 Å². The van der Waals surface area contributed by atoms with Gasteiger partial charge in [0.2, 0.25) is 5.91 Å². The van der Waals surface area contributed by atoms with Crippen LogP contribution in [0.15, 0.2) is 73.1 Å². The number of benzene rings is 2. The summed E-state index contributed by atoms with van der Waals surface area (Å²) >= 11 is 0. The number of carbonyl (C=O) groups is 3. The van der Waals surface area contributed by atoms with Gasteiger partial charge in [-0.1, -0.05) is 30.3 Å². The standard InChI is InChI=1S/C26H21N5O3/c1-17-8-2-5-11-22(17)31-24(28-12-6-7-13-28)20-14-29(15-21(20)27-31)23(32)16-30-25(33)18-9-3-4-10-19(18)26(30)34/h2-13H,14-16H2,1H3. The summed E-state index contributed by atoms with van der Waals surface area (Å²) in [6, 6.07) is 18.6. The van der Waals surface area contributed by atoms with Crippen LogP contribution in [0.3, 0.4) is 0 Å². The molecule has 8 heteroatoms. The van der Waals surface area contributed by atoms with Gasteiger partial charge in [-0.05, 0) is 42.8 Å². The van der Waals surface area contributed by atoms with Gasteiger partial charge in [0.25, 0.3) is 11.8 Å². The van der Waals surface area contributed by atoms with Crippen molar-refractivity contribution < 1.29 is 14.4 Å².